The minimum absolute atomic E-state index is 0.0684. The molecule has 7 nitrogen and oxygen atoms in total. The maximum Gasteiger partial charge on any atom is 0.282 e. The highest BCUT2D eigenvalue weighted by Gasteiger charge is 2.18. The highest BCUT2D eigenvalue weighted by atomic mass is 35.5. The van der Waals surface area contributed by atoms with Gasteiger partial charge in [0, 0.05) is 12.7 Å². The molecule has 18 heavy (non-hydrogen) atoms. The average molecular weight is 288 g/mol. The first-order chi connectivity index (χ1) is 8.51. The van der Waals surface area contributed by atoms with E-state index in [9.17, 15) is 8.42 Å². The number of nitrogens with one attached hydrogen (secondary N) is 1. The lowest BCUT2D eigenvalue weighted by Crippen LogP contribution is -2.14. The van der Waals surface area contributed by atoms with E-state index in [1.807, 2.05) is 6.92 Å². The zero-order chi connectivity index (χ0) is 13.2. The van der Waals surface area contributed by atoms with Crippen LogP contribution < -0.4 is 4.72 Å². The van der Waals surface area contributed by atoms with Gasteiger partial charge in [-0.3, -0.25) is 4.72 Å². The van der Waals surface area contributed by atoms with Crippen LogP contribution in [0.3, 0.4) is 0 Å². The van der Waals surface area contributed by atoms with Crippen molar-refractivity contribution in [2.75, 3.05) is 4.72 Å². The van der Waals surface area contributed by atoms with E-state index in [1.165, 1.54) is 24.7 Å². The van der Waals surface area contributed by atoms with E-state index in [0.29, 0.717) is 6.54 Å². The average Bonchev–Trinajstić information content (AvgIpc) is 2.81. The van der Waals surface area contributed by atoms with Crippen LogP contribution in [0, 0.1) is 0 Å². The van der Waals surface area contributed by atoms with Gasteiger partial charge in [-0.15, -0.1) is 10.2 Å². The molecule has 2 rings (SSSR count). The van der Waals surface area contributed by atoms with Crippen molar-refractivity contribution in [3.8, 4) is 0 Å². The molecule has 0 saturated heterocycles. The van der Waals surface area contributed by atoms with Gasteiger partial charge in [0.1, 0.15) is 0 Å². The number of hydrogen-bond donors (Lipinski definition) is 1. The Morgan fingerprint density at radius 2 is 2.17 bits per heavy atom. The predicted octanol–water partition coefficient (Wildman–Crippen LogP) is 1.15. The molecule has 2 heterocycles. The maximum atomic E-state index is 11.9. The Morgan fingerprint density at radius 1 is 1.39 bits per heavy atom. The third-order valence-corrected chi connectivity index (χ3v) is 3.56. The van der Waals surface area contributed by atoms with Crippen molar-refractivity contribution in [1.29, 1.82) is 0 Å². The van der Waals surface area contributed by atoms with Crippen LogP contribution in [0.25, 0.3) is 0 Å². The lowest BCUT2D eigenvalue weighted by Gasteiger charge is -2.03. The van der Waals surface area contributed by atoms with E-state index in [1.54, 1.807) is 4.57 Å². The summed E-state index contributed by atoms with van der Waals surface area (Å²) < 4.78 is 27.8. The van der Waals surface area contributed by atoms with Crippen molar-refractivity contribution in [2.45, 2.75) is 18.5 Å². The first kappa shape index (κ1) is 12.8. The predicted molar refractivity (Wildman–Crippen MR) is 65.8 cm³/mol. The van der Waals surface area contributed by atoms with Crippen LogP contribution in [0.2, 0.25) is 5.15 Å². The second-order valence-electron chi connectivity index (χ2n) is 3.39. The van der Waals surface area contributed by atoms with Gasteiger partial charge in [-0.2, -0.15) is 8.42 Å². The standard InChI is InChI=1S/C9H10ClN5O2S/c1-2-15-5-9(11-6-15)18(16,17)14-8-4-3-7(10)12-13-8/h3-6H,2H2,1H3,(H,13,14). The van der Waals surface area contributed by atoms with Crippen LogP contribution in [0.4, 0.5) is 5.82 Å². The van der Waals surface area contributed by atoms with Crippen molar-refractivity contribution in [3.63, 3.8) is 0 Å². The summed E-state index contributed by atoms with van der Waals surface area (Å²) in [7, 11) is -3.74. The fraction of sp³-hybridized carbons (Fsp3) is 0.222. The number of imidazole rings is 1. The van der Waals surface area contributed by atoms with E-state index in [-0.39, 0.29) is 16.0 Å². The number of nitrogens with zero attached hydrogens (tertiary/aromatic N) is 4. The van der Waals surface area contributed by atoms with Gasteiger partial charge in [-0.05, 0) is 19.1 Å². The van der Waals surface area contributed by atoms with Crippen molar-refractivity contribution in [3.05, 3.63) is 29.8 Å². The highest BCUT2D eigenvalue weighted by molar-refractivity contribution is 7.92. The Bertz CT molecular complexity index is 637. The van der Waals surface area contributed by atoms with Crippen LogP contribution in [0.15, 0.2) is 29.7 Å². The summed E-state index contributed by atoms with van der Waals surface area (Å²) in [5, 5.41) is 7.27. The van der Waals surface area contributed by atoms with Crippen LogP contribution in [0.5, 0.6) is 0 Å². The van der Waals surface area contributed by atoms with E-state index < -0.39 is 10.0 Å². The Balaban J connectivity index is 2.24. The second kappa shape index (κ2) is 4.91. The smallest absolute Gasteiger partial charge is 0.282 e. The molecule has 0 bridgehead atoms. The number of anilines is 1. The first-order valence-electron chi connectivity index (χ1n) is 5.05. The minimum atomic E-state index is -3.74. The topological polar surface area (TPSA) is 89.8 Å². The Morgan fingerprint density at radius 3 is 2.72 bits per heavy atom. The van der Waals surface area contributed by atoms with E-state index in [4.69, 9.17) is 11.6 Å². The molecule has 0 aliphatic carbocycles. The summed E-state index contributed by atoms with van der Waals surface area (Å²) in [6.07, 6.45) is 2.88. The summed E-state index contributed by atoms with van der Waals surface area (Å²) in [5.74, 6) is 0.0884. The molecule has 0 amide bonds. The van der Waals surface area contributed by atoms with E-state index in [2.05, 4.69) is 19.9 Å². The Labute approximate surface area is 109 Å². The van der Waals surface area contributed by atoms with Crippen LogP contribution in [-0.4, -0.2) is 28.2 Å². The molecule has 2 aromatic heterocycles. The molecule has 0 saturated carbocycles. The van der Waals surface area contributed by atoms with Crippen LogP contribution in [0.1, 0.15) is 6.92 Å². The summed E-state index contributed by atoms with van der Waals surface area (Å²) in [6.45, 7) is 2.53. The van der Waals surface area contributed by atoms with Gasteiger partial charge < -0.3 is 4.57 Å². The van der Waals surface area contributed by atoms with Crippen LogP contribution in [-0.2, 0) is 16.6 Å². The summed E-state index contributed by atoms with van der Waals surface area (Å²) in [4.78, 5) is 3.81. The molecule has 0 atom stereocenters. The summed E-state index contributed by atoms with van der Waals surface area (Å²) in [5.41, 5.74) is 0. The Hall–Kier alpha value is -1.67. The van der Waals surface area contributed by atoms with Gasteiger partial charge in [0.2, 0.25) is 0 Å². The van der Waals surface area contributed by atoms with Crippen LogP contribution >= 0.6 is 11.6 Å². The molecule has 96 valence electrons. The zero-order valence-corrected chi connectivity index (χ0v) is 11.0. The minimum Gasteiger partial charge on any atom is -0.336 e. The van der Waals surface area contributed by atoms with E-state index in [0.717, 1.165) is 0 Å². The molecule has 0 unspecified atom stereocenters. The van der Waals surface area contributed by atoms with E-state index >= 15 is 0 Å². The fourth-order valence-corrected chi connectivity index (χ4v) is 2.26. The third kappa shape index (κ3) is 2.77. The normalized spacial score (nSPS) is 11.4. The maximum absolute atomic E-state index is 11.9. The molecule has 0 radical (unpaired) electrons. The van der Waals surface area contributed by atoms with Gasteiger partial charge in [0.05, 0.1) is 6.33 Å². The largest absolute Gasteiger partial charge is 0.336 e. The SMILES string of the molecule is CCn1cnc(S(=O)(=O)Nc2ccc(Cl)nn2)c1. The monoisotopic (exact) mass is 287 g/mol. The first-order valence-corrected chi connectivity index (χ1v) is 6.91. The van der Waals surface area contributed by atoms with Gasteiger partial charge in [0.25, 0.3) is 10.0 Å². The molecule has 2 aromatic rings. The van der Waals surface area contributed by atoms with Crippen molar-refractivity contribution >= 4 is 27.4 Å². The molecule has 0 aliphatic rings. The second-order valence-corrected chi connectivity index (χ2v) is 5.41. The van der Waals surface area contributed by atoms with Crippen molar-refractivity contribution in [2.24, 2.45) is 0 Å². The number of sulfonamides is 1. The summed E-state index contributed by atoms with van der Waals surface area (Å²) in [6, 6.07) is 2.86. The van der Waals surface area contributed by atoms with Gasteiger partial charge in [-0.25, -0.2) is 4.98 Å². The number of rotatable bonds is 4. The molecular weight excluding hydrogens is 278 g/mol. The number of aromatic nitrogens is 4. The molecule has 1 N–H and O–H groups in total. The molecule has 0 aliphatic heterocycles. The van der Waals surface area contributed by atoms with Gasteiger partial charge in [-0.1, -0.05) is 11.6 Å². The quantitative estimate of drug-likeness (QED) is 0.911. The fourth-order valence-electron chi connectivity index (χ4n) is 1.21. The molecule has 0 spiro atoms. The summed E-state index contributed by atoms with van der Waals surface area (Å²) >= 11 is 5.56. The van der Waals surface area contributed by atoms with Gasteiger partial charge in [0.15, 0.2) is 16.0 Å². The zero-order valence-electron chi connectivity index (χ0n) is 9.41. The molecular formula is C9H10ClN5O2S. The lowest BCUT2D eigenvalue weighted by atomic mass is 10.5. The lowest BCUT2D eigenvalue weighted by molar-refractivity contribution is 0.597. The number of aryl methyl sites for hydroxylation is 1. The molecule has 0 aromatic carbocycles. The van der Waals surface area contributed by atoms with Gasteiger partial charge >= 0.3 is 0 Å². The Kier molecular flexibility index (Phi) is 3.48. The molecule has 9 heteroatoms. The van der Waals surface area contributed by atoms with Crippen molar-refractivity contribution in [1.82, 2.24) is 19.7 Å². The molecule has 0 fully saturated rings. The highest BCUT2D eigenvalue weighted by Crippen LogP contribution is 2.12. The van der Waals surface area contributed by atoms with Crippen molar-refractivity contribution < 1.29 is 8.42 Å². The number of halogens is 1. The number of hydrogen-bond acceptors (Lipinski definition) is 5. The third-order valence-electron chi connectivity index (χ3n) is 2.12.